The summed E-state index contributed by atoms with van der Waals surface area (Å²) in [5.41, 5.74) is 2.75. The maximum atomic E-state index is 12.7. The number of thioether (sulfide) groups is 1. The highest BCUT2D eigenvalue weighted by atomic mass is 32.2. The minimum atomic E-state index is -0.648. The largest absolute Gasteiger partial charge is 0.483 e. The first-order valence-electron chi connectivity index (χ1n) is 11.0. The molecule has 0 saturated heterocycles. The van der Waals surface area contributed by atoms with E-state index in [1.807, 2.05) is 39.0 Å². The predicted molar refractivity (Wildman–Crippen MR) is 134 cm³/mol. The maximum absolute atomic E-state index is 12.7. The molecule has 3 rings (SSSR count). The Kier molecular flexibility index (Phi) is 8.70. The third kappa shape index (κ3) is 6.22. The zero-order chi connectivity index (χ0) is 26.4. The van der Waals surface area contributed by atoms with Crippen molar-refractivity contribution in [1.29, 1.82) is 0 Å². The van der Waals surface area contributed by atoms with E-state index in [4.69, 9.17) is 14.2 Å². The van der Waals surface area contributed by atoms with Crippen molar-refractivity contribution in [1.82, 2.24) is 14.8 Å². The summed E-state index contributed by atoms with van der Waals surface area (Å²) in [5.74, 6) is -0.324. The van der Waals surface area contributed by atoms with Gasteiger partial charge in [-0.3, -0.25) is 4.79 Å². The quantitative estimate of drug-likeness (QED) is 0.336. The van der Waals surface area contributed by atoms with Crippen LogP contribution in [0.2, 0.25) is 0 Å². The number of aryl methyl sites for hydroxylation is 2. The highest BCUT2D eigenvalue weighted by Crippen LogP contribution is 2.26. The zero-order valence-electron chi connectivity index (χ0n) is 20.9. The van der Waals surface area contributed by atoms with Gasteiger partial charge in [-0.25, -0.2) is 9.59 Å². The molecule has 1 amide bonds. The topological polar surface area (TPSA) is 122 Å². The molecule has 0 aliphatic heterocycles. The number of rotatable bonds is 9. The van der Waals surface area contributed by atoms with E-state index >= 15 is 0 Å². The van der Waals surface area contributed by atoms with Crippen LogP contribution in [0.15, 0.2) is 41.6 Å². The van der Waals surface area contributed by atoms with Gasteiger partial charge in [-0.05, 0) is 62.2 Å². The number of aromatic nitrogens is 3. The van der Waals surface area contributed by atoms with Gasteiger partial charge in [0.25, 0.3) is 0 Å². The third-order valence-corrected chi connectivity index (χ3v) is 6.50. The summed E-state index contributed by atoms with van der Waals surface area (Å²) in [7, 11) is 4.27. The summed E-state index contributed by atoms with van der Waals surface area (Å²) in [6, 6.07) is 10.1. The van der Waals surface area contributed by atoms with Gasteiger partial charge in [0, 0.05) is 7.05 Å². The number of amides is 1. The molecule has 0 aliphatic rings. The number of ether oxygens (including phenoxy) is 3. The summed E-state index contributed by atoms with van der Waals surface area (Å²) in [5, 5.41) is 11.6. The van der Waals surface area contributed by atoms with Crippen LogP contribution in [-0.4, -0.2) is 52.6 Å². The van der Waals surface area contributed by atoms with Crippen molar-refractivity contribution >= 4 is 35.3 Å². The maximum Gasteiger partial charge on any atom is 0.339 e. The average Bonchev–Trinajstić information content (AvgIpc) is 3.24. The molecule has 1 heterocycles. The molecule has 2 aromatic carbocycles. The Labute approximate surface area is 213 Å². The molecule has 1 N–H and O–H groups in total. The van der Waals surface area contributed by atoms with Crippen molar-refractivity contribution in [2.24, 2.45) is 7.05 Å². The molecule has 36 heavy (non-hydrogen) atoms. The SMILES string of the molecule is COC(=O)c1ccc(C(=O)OC)c(NC(=O)CSc2nnc(C(C)Oc3ccc(C)c(C)c3)n2C)c1. The van der Waals surface area contributed by atoms with Gasteiger partial charge in [0.15, 0.2) is 17.1 Å². The fourth-order valence-electron chi connectivity index (χ4n) is 3.35. The Morgan fingerprint density at radius 3 is 2.39 bits per heavy atom. The van der Waals surface area contributed by atoms with E-state index < -0.39 is 17.8 Å². The monoisotopic (exact) mass is 512 g/mol. The number of nitrogens with zero attached hydrogens (tertiary/aromatic N) is 3. The van der Waals surface area contributed by atoms with E-state index in [0.717, 1.165) is 11.3 Å². The van der Waals surface area contributed by atoms with Gasteiger partial charge in [0.2, 0.25) is 5.91 Å². The molecule has 0 radical (unpaired) electrons. The van der Waals surface area contributed by atoms with Gasteiger partial charge in [0.05, 0.1) is 36.8 Å². The molecule has 0 bridgehead atoms. The summed E-state index contributed by atoms with van der Waals surface area (Å²) in [6.07, 6.45) is -0.364. The molecule has 11 heteroatoms. The van der Waals surface area contributed by atoms with Crippen LogP contribution < -0.4 is 10.1 Å². The van der Waals surface area contributed by atoms with Crippen molar-refractivity contribution in [3.63, 3.8) is 0 Å². The number of esters is 2. The fraction of sp³-hybridized carbons (Fsp3) is 0.320. The molecule has 0 spiro atoms. The van der Waals surface area contributed by atoms with Crippen molar-refractivity contribution in [3.8, 4) is 5.75 Å². The molecule has 1 atom stereocenters. The van der Waals surface area contributed by atoms with E-state index in [9.17, 15) is 14.4 Å². The first-order chi connectivity index (χ1) is 17.1. The second-order valence-corrected chi connectivity index (χ2v) is 8.93. The Hall–Kier alpha value is -3.86. The van der Waals surface area contributed by atoms with Crippen molar-refractivity contribution in [3.05, 3.63) is 64.5 Å². The lowest BCUT2D eigenvalue weighted by Gasteiger charge is -2.15. The average molecular weight is 513 g/mol. The number of benzene rings is 2. The van der Waals surface area contributed by atoms with Gasteiger partial charge in [-0.1, -0.05) is 17.8 Å². The van der Waals surface area contributed by atoms with Crippen LogP contribution in [-0.2, 0) is 21.3 Å². The van der Waals surface area contributed by atoms with Crippen LogP contribution in [0.4, 0.5) is 5.69 Å². The summed E-state index contributed by atoms with van der Waals surface area (Å²) < 4.78 is 17.3. The minimum absolute atomic E-state index is 0.0125. The third-order valence-electron chi connectivity index (χ3n) is 5.48. The number of anilines is 1. The molecule has 0 saturated carbocycles. The van der Waals surface area contributed by atoms with E-state index in [1.165, 1.54) is 49.7 Å². The number of nitrogens with one attached hydrogen (secondary N) is 1. The van der Waals surface area contributed by atoms with Crippen LogP contribution >= 0.6 is 11.8 Å². The van der Waals surface area contributed by atoms with Gasteiger partial charge in [-0.15, -0.1) is 10.2 Å². The Morgan fingerprint density at radius 1 is 1.00 bits per heavy atom. The van der Waals surface area contributed by atoms with Crippen molar-refractivity contribution in [2.45, 2.75) is 32.0 Å². The highest BCUT2D eigenvalue weighted by Gasteiger charge is 2.20. The Balaban J connectivity index is 1.68. The lowest BCUT2D eigenvalue weighted by Crippen LogP contribution is -2.18. The standard InChI is InChI=1S/C25H28N4O6S/c1-14-7-9-18(11-15(14)2)35-16(3)22-27-28-25(29(22)4)36-13-21(30)26-20-12-17(23(31)33-5)8-10-19(20)24(32)34-6/h7-12,16H,13H2,1-6H3,(H,26,30). The Bertz CT molecular complexity index is 1290. The van der Waals surface area contributed by atoms with Crippen LogP contribution in [0.5, 0.6) is 5.75 Å². The Morgan fingerprint density at radius 2 is 1.72 bits per heavy atom. The first kappa shape index (κ1) is 26.7. The highest BCUT2D eigenvalue weighted by molar-refractivity contribution is 7.99. The minimum Gasteiger partial charge on any atom is -0.483 e. The van der Waals surface area contributed by atoms with Crippen LogP contribution in [0.25, 0.3) is 0 Å². The summed E-state index contributed by atoms with van der Waals surface area (Å²) in [4.78, 5) is 36.6. The van der Waals surface area contributed by atoms with Crippen LogP contribution in [0, 0.1) is 13.8 Å². The van der Waals surface area contributed by atoms with E-state index in [-0.39, 0.29) is 28.7 Å². The van der Waals surface area contributed by atoms with Gasteiger partial charge in [-0.2, -0.15) is 0 Å². The summed E-state index contributed by atoms with van der Waals surface area (Å²) in [6.45, 7) is 5.94. The molecular weight excluding hydrogens is 484 g/mol. The molecule has 190 valence electrons. The number of hydrogen-bond donors (Lipinski definition) is 1. The molecule has 10 nitrogen and oxygen atoms in total. The normalized spacial score (nSPS) is 11.5. The molecule has 3 aromatic rings. The number of carbonyl (C=O) groups excluding carboxylic acids is 3. The molecule has 1 unspecified atom stereocenters. The lowest BCUT2D eigenvalue weighted by atomic mass is 10.1. The molecule has 0 fully saturated rings. The second kappa shape index (κ2) is 11.7. The lowest BCUT2D eigenvalue weighted by molar-refractivity contribution is -0.113. The molecular formula is C25H28N4O6S. The summed E-state index contributed by atoms with van der Waals surface area (Å²) >= 11 is 1.17. The van der Waals surface area contributed by atoms with E-state index in [1.54, 1.807) is 11.6 Å². The second-order valence-electron chi connectivity index (χ2n) is 7.99. The molecule has 0 aliphatic carbocycles. The van der Waals surface area contributed by atoms with Crippen molar-refractivity contribution < 1.29 is 28.6 Å². The van der Waals surface area contributed by atoms with Gasteiger partial charge in [0.1, 0.15) is 5.75 Å². The first-order valence-corrected chi connectivity index (χ1v) is 12.0. The number of methoxy groups -OCH3 is 2. The van der Waals surface area contributed by atoms with Gasteiger partial charge < -0.3 is 24.1 Å². The van der Waals surface area contributed by atoms with E-state index in [0.29, 0.717) is 11.0 Å². The zero-order valence-corrected chi connectivity index (χ0v) is 21.8. The van der Waals surface area contributed by atoms with E-state index in [2.05, 4.69) is 15.5 Å². The fourth-order valence-corrected chi connectivity index (χ4v) is 4.06. The van der Waals surface area contributed by atoms with Crippen molar-refractivity contribution in [2.75, 3.05) is 25.3 Å². The van der Waals surface area contributed by atoms with Crippen LogP contribution in [0.1, 0.15) is 50.7 Å². The predicted octanol–water partition coefficient (Wildman–Crippen LogP) is 3.88. The number of hydrogen-bond acceptors (Lipinski definition) is 9. The van der Waals surface area contributed by atoms with Gasteiger partial charge >= 0.3 is 11.9 Å². The smallest absolute Gasteiger partial charge is 0.339 e. The molecule has 1 aromatic heterocycles. The van der Waals surface area contributed by atoms with Crippen LogP contribution in [0.3, 0.4) is 0 Å². The number of carbonyl (C=O) groups is 3.